The van der Waals surface area contributed by atoms with Crippen LogP contribution < -0.4 is 9.47 Å². The summed E-state index contributed by atoms with van der Waals surface area (Å²) in [5, 5.41) is 1.21. The average Bonchev–Trinajstić information content (AvgIpc) is 2.77. The Morgan fingerprint density at radius 2 is 1.62 bits per heavy atom. The summed E-state index contributed by atoms with van der Waals surface area (Å²) in [6, 6.07) is 14.4. The van der Waals surface area contributed by atoms with Crippen molar-refractivity contribution in [2.45, 2.75) is 0 Å². The highest BCUT2D eigenvalue weighted by Crippen LogP contribution is 2.31. The molecule has 0 bridgehead atoms. The lowest BCUT2D eigenvalue weighted by Crippen LogP contribution is -2.50. The van der Waals surface area contributed by atoms with E-state index in [1.54, 1.807) is 29.2 Å². The summed E-state index contributed by atoms with van der Waals surface area (Å²) in [6.45, 7) is 1.08. The molecule has 3 rings (SSSR count). The zero-order chi connectivity index (χ0) is 20.9. The van der Waals surface area contributed by atoms with Crippen LogP contribution in [0.5, 0.6) is 11.5 Å². The van der Waals surface area contributed by atoms with E-state index in [1.165, 1.54) is 23.9 Å². The molecule has 0 atom stereocenters. The molecule has 154 valence electrons. The molecule has 0 saturated carbocycles. The van der Waals surface area contributed by atoms with Crippen molar-refractivity contribution in [2.24, 2.45) is 0 Å². The van der Waals surface area contributed by atoms with E-state index in [9.17, 15) is 13.2 Å². The largest absolute Gasteiger partial charge is 0.493 e. The van der Waals surface area contributed by atoms with E-state index in [2.05, 4.69) is 0 Å². The van der Waals surface area contributed by atoms with E-state index >= 15 is 0 Å². The van der Waals surface area contributed by atoms with Crippen LogP contribution in [0, 0.1) is 0 Å². The van der Waals surface area contributed by atoms with Gasteiger partial charge in [0.15, 0.2) is 11.5 Å². The van der Waals surface area contributed by atoms with Crippen LogP contribution in [0.15, 0.2) is 53.9 Å². The number of hydrogen-bond donors (Lipinski definition) is 0. The van der Waals surface area contributed by atoms with E-state index < -0.39 is 10.0 Å². The van der Waals surface area contributed by atoms with Gasteiger partial charge in [-0.25, -0.2) is 8.42 Å². The number of piperazine rings is 1. The number of ether oxygens (including phenoxy) is 2. The van der Waals surface area contributed by atoms with E-state index in [0.717, 1.165) is 5.56 Å². The first-order valence-corrected chi connectivity index (χ1v) is 10.7. The molecule has 29 heavy (non-hydrogen) atoms. The summed E-state index contributed by atoms with van der Waals surface area (Å²) >= 11 is 0. The Balaban J connectivity index is 1.67. The molecule has 0 radical (unpaired) electrons. The summed E-state index contributed by atoms with van der Waals surface area (Å²) in [7, 11) is -0.552. The third kappa shape index (κ3) is 4.78. The first-order valence-electron chi connectivity index (χ1n) is 9.20. The zero-order valence-corrected chi connectivity index (χ0v) is 17.3. The van der Waals surface area contributed by atoms with Gasteiger partial charge in [-0.15, -0.1) is 0 Å². The molecule has 0 N–H and O–H groups in total. The molecule has 8 heteroatoms. The van der Waals surface area contributed by atoms with E-state index in [-0.39, 0.29) is 19.0 Å². The number of para-hydroxylation sites is 1. The van der Waals surface area contributed by atoms with Gasteiger partial charge in [-0.2, -0.15) is 4.31 Å². The normalized spacial score (nSPS) is 15.4. The van der Waals surface area contributed by atoms with Gasteiger partial charge >= 0.3 is 0 Å². The second kappa shape index (κ2) is 9.11. The highest BCUT2D eigenvalue weighted by molar-refractivity contribution is 7.92. The Labute approximate surface area is 171 Å². The number of hydrogen-bond acceptors (Lipinski definition) is 5. The predicted octanol–water partition coefficient (Wildman–Crippen LogP) is 2.46. The van der Waals surface area contributed by atoms with Crippen molar-refractivity contribution in [1.29, 1.82) is 0 Å². The number of amides is 1. The molecular weight excluding hydrogens is 392 g/mol. The molecule has 1 aliphatic rings. The van der Waals surface area contributed by atoms with Gasteiger partial charge in [0.25, 0.3) is 5.91 Å². The summed E-state index contributed by atoms with van der Waals surface area (Å²) < 4.78 is 37.2. The highest BCUT2D eigenvalue weighted by Gasteiger charge is 2.29. The van der Waals surface area contributed by atoms with Crippen molar-refractivity contribution in [2.75, 3.05) is 40.4 Å². The Morgan fingerprint density at radius 3 is 2.24 bits per heavy atom. The minimum Gasteiger partial charge on any atom is -0.493 e. The second-order valence-corrected chi connectivity index (χ2v) is 8.31. The fourth-order valence-electron chi connectivity index (χ4n) is 3.19. The second-order valence-electron chi connectivity index (χ2n) is 6.49. The third-order valence-corrected chi connectivity index (χ3v) is 6.32. The van der Waals surface area contributed by atoms with Gasteiger partial charge in [0.2, 0.25) is 10.0 Å². The minimum atomic E-state index is -3.55. The van der Waals surface area contributed by atoms with Gasteiger partial charge in [-0.1, -0.05) is 36.4 Å². The van der Waals surface area contributed by atoms with Crippen molar-refractivity contribution in [3.05, 3.63) is 65.1 Å². The van der Waals surface area contributed by atoms with Crippen LogP contribution in [0.2, 0.25) is 0 Å². The van der Waals surface area contributed by atoms with Gasteiger partial charge in [0.1, 0.15) is 0 Å². The molecule has 2 aromatic rings. The van der Waals surface area contributed by atoms with Crippen molar-refractivity contribution < 1.29 is 22.7 Å². The van der Waals surface area contributed by atoms with Crippen LogP contribution in [0.1, 0.15) is 15.9 Å². The first-order chi connectivity index (χ1) is 14.0. The molecule has 1 saturated heterocycles. The molecular formula is C21H24N2O5S. The van der Waals surface area contributed by atoms with Crippen molar-refractivity contribution >= 4 is 22.0 Å². The van der Waals surface area contributed by atoms with Crippen LogP contribution in [-0.4, -0.2) is 63.9 Å². The molecule has 0 aliphatic carbocycles. The number of carbonyl (C=O) groups excluding carboxylic acids is 1. The Kier molecular flexibility index (Phi) is 6.56. The van der Waals surface area contributed by atoms with Gasteiger partial charge in [-0.05, 0) is 23.8 Å². The summed E-state index contributed by atoms with van der Waals surface area (Å²) in [5.41, 5.74) is 1.21. The number of rotatable bonds is 6. The maximum absolute atomic E-state index is 12.9. The topological polar surface area (TPSA) is 76.2 Å². The number of benzene rings is 2. The van der Waals surface area contributed by atoms with Gasteiger partial charge in [0.05, 0.1) is 19.8 Å². The molecule has 1 fully saturated rings. The fourth-order valence-corrected chi connectivity index (χ4v) is 4.36. The lowest BCUT2D eigenvalue weighted by atomic mass is 10.1. The Hall–Kier alpha value is -2.84. The van der Waals surface area contributed by atoms with Crippen LogP contribution in [0.4, 0.5) is 0 Å². The molecule has 1 amide bonds. The smallest absolute Gasteiger partial charge is 0.257 e. The number of nitrogens with zero attached hydrogens (tertiary/aromatic N) is 2. The van der Waals surface area contributed by atoms with Crippen LogP contribution in [-0.2, 0) is 10.0 Å². The van der Waals surface area contributed by atoms with Crippen LogP contribution >= 0.6 is 0 Å². The summed E-state index contributed by atoms with van der Waals surface area (Å²) in [4.78, 5) is 14.6. The quantitative estimate of drug-likeness (QED) is 0.723. The van der Waals surface area contributed by atoms with Gasteiger partial charge in [0, 0.05) is 31.6 Å². The molecule has 2 aromatic carbocycles. The maximum atomic E-state index is 12.9. The maximum Gasteiger partial charge on any atom is 0.257 e. The predicted molar refractivity (Wildman–Crippen MR) is 111 cm³/mol. The number of carbonyl (C=O) groups is 1. The summed E-state index contributed by atoms with van der Waals surface area (Å²) in [6.07, 6.45) is 1.58. The molecule has 0 spiro atoms. The Morgan fingerprint density at radius 1 is 0.931 bits per heavy atom. The van der Waals surface area contributed by atoms with Crippen LogP contribution in [0.25, 0.3) is 6.08 Å². The Bertz CT molecular complexity index is 981. The fraction of sp³-hybridized carbons (Fsp3) is 0.286. The van der Waals surface area contributed by atoms with E-state index in [1.807, 2.05) is 30.3 Å². The zero-order valence-electron chi connectivity index (χ0n) is 16.4. The SMILES string of the molecule is COc1cccc(C(=O)N2CCN(S(=O)(=O)/C=C/c3ccccc3)CC2)c1OC. The lowest BCUT2D eigenvalue weighted by molar-refractivity contribution is 0.0694. The van der Waals surface area contributed by atoms with E-state index in [0.29, 0.717) is 30.2 Å². The molecule has 7 nitrogen and oxygen atoms in total. The van der Waals surface area contributed by atoms with Crippen LogP contribution in [0.3, 0.4) is 0 Å². The molecule has 0 unspecified atom stereocenters. The highest BCUT2D eigenvalue weighted by atomic mass is 32.2. The lowest BCUT2D eigenvalue weighted by Gasteiger charge is -2.33. The third-order valence-electron chi connectivity index (χ3n) is 4.75. The average molecular weight is 416 g/mol. The van der Waals surface area contributed by atoms with Gasteiger partial charge in [-0.3, -0.25) is 4.79 Å². The number of sulfonamides is 1. The molecule has 1 aliphatic heterocycles. The van der Waals surface area contributed by atoms with E-state index in [4.69, 9.17) is 9.47 Å². The minimum absolute atomic E-state index is 0.211. The summed E-state index contributed by atoms with van der Waals surface area (Å²) in [5.74, 6) is 0.643. The first kappa shape index (κ1) is 20.9. The monoisotopic (exact) mass is 416 g/mol. The molecule has 1 heterocycles. The van der Waals surface area contributed by atoms with Crippen molar-refractivity contribution in [3.63, 3.8) is 0 Å². The van der Waals surface area contributed by atoms with Crippen molar-refractivity contribution in [3.8, 4) is 11.5 Å². The number of methoxy groups -OCH3 is 2. The van der Waals surface area contributed by atoms with Crippen molar-refractivity contribution in [1.82, 2.24) is 9.21 Å². The molecule has 0 aromatic heterocycles. The standard InChI is InChI=1S/C21H24N2O5S/c1-27-19-10-6-9-18(20(19)28-2)21(24)22-12-14-23(15-13-22)29(25,26)16-11-17-7-4-3-5-8-17/h3-11,16H,12-15H2,1-2H3/b16-11+. The van der Waals surface area contributed by atoms with Gasteiger partial charge < -0.3 is 14.4 Å².